The summed E-state index contributed by atoms with van der Waals surface area (Å²) in [5, 5.41) is 19.7. The zero-order chi connectivity index (χ0) is 24.4. The highest BCUT2D eigenvalue weighted by Crippen LogP contribution is 2.13. The molecule has 33 heavy (non-hydrogen) atoms. The van der Waals surface area contributed by atoms with Crippen molar-refractivity contribution >= 4 is 5.78 Å². The van der Waals surface area contributed by atoms with Gasteiger partial charge in [-0.15, -0.1) is 0 Å². The van der Waals surface area contributed by atoms with Gasteiger partial charge in [-0.1, -0.05) is 129 Å². The third-order valence-corrected chi connectivity index (χ3v) is 6.41. The topological polar surface area (TPSA) is 66.8 Å². The van der Waals surface area contributed by atoms with E-state index in [-0.39, 0.29) is 12.4 Å². The van der Waals surface area contributed by atoms with Gasteiger partial charge in [-0.3, -0.25) is 4.79 Å². The van der Waals surface area contributed by atoms with Gasteiger partial charge in [0.15, 0.2) is 5.78 Å². The lowest BCUT2D eigenvalue weighted by Gasteiger charge is -2.19. The van der Waals surface area contributed by atoms with Gasteiger partial charge in [0.2, 0.25) is 0 Å². The van der Waals surface area contributed by atoms with Crippen molar-refractivity contribution < 1.29 is 19.7 Å². The first-order valence-electron chi connectivity index (χ1n) is 14.3. The summed E-state index contributed by atoms with van der Waals surface area (Å²) >= 11 is 0. The molecule has 2 N–H and O–H groups in total. The summed E-state index contributed by atoms with van der Waals surface area (Å²) in [6.07, 6.45) is 26.2. The molecule has 0 aromatic rings. The fraction of sp³-hybridized carbons (Fsp3) is 0.897. The van der Waals surface area contributed by atoms with E-state index in [9.17, 15) is 15.0 Å². The number of ketones is 1. The molecular weight excluding hydrogens is 412 g/mol. The number of unbranched alkanes of at least 4 members (excludes halogenated alkanes) is 18. The molecule has 4 nitrogen and oxygen atoms in total. The van der Waals surface area contributed by atoms with Crippen LogP contribution < -0.4 is 0 Å². The van der Waals surface area contributed by atoms with Crippen LogP contribution in [0.25, 0.3) is 0 Å². The Morgan fingerprint density at radius 1 is 0.697 bits per heavy atom. The number of hydrogen-bond donors (Lipinski definition) is 2. The highest BCUT2D eigenvalue weighted by molar-refractivity contribution is 5.93. The molecule has 0 saturated carbocycles. The van der Waals surface area contributed by atoms with Crippen molar-refractivity contribution in [2.45, 2.75) is 154 Å². The number of aliphatic hydroxyl groups is 2. The van der Waals surface area contributed by atoms with Crippen LogP contribution in [0.3, 0.4) is 0 Å². The largest absolute Gasteiger partial charge is 0.394 e. The van der Waals surface area contributed by atoms with Crippen LogP contribution in [-0.2, 0) is 9.53 Å². The predicted octanol–water partition coefficient (Wildman–Crippen LogP) is 7.69. The monoisotopic (exact) mass is 468 g/mol. The van der Waals surface area contributed by atoms with E-state index >= 15 is 0 Å². The highest BCUT2D eigenvalue weighted by Gasteiger charge is 2.24. The molecule has 0 spiro atoms. The number of allylic oxidation sites excluding steroid dienone is 1. The van der Waals surface area contributed by atoms with Crippen LogP contribution in [0.15, 0.2) is 12.2 Å². The minimum Gasteiger partial charge on any atom is -0.394 e. The molecule has 2 atom stereocenters. The third-order valence-electron chi connectivity index (χ3n) is 6.41. The first-order chi connectivity index (χ1) is 16.2. The Bertz CT molecular complexity index is 435. The molecule has 0 aromatic heterocycles. The summed E-state index contributed by atoms with van der Waals surface area (Å²) in [4.78, 5) is 12.1. The van der Waals surface area contributed by atoms with Crippen molar-refractivity contribution in [2.75, 3.05) is 13.2 Å². The molecule has 0 bridgehead atoms. The smallest absolute Gasteiger partial charge is 0.186 e. The van der Waals surface area contributed by atoms with Gasteiger partial charge >= 0.3 is 0 Å². The highest BCUT2D eigenvalue weighted by atomic mass is 16.5. The molecular formula is C29H56O4. The Balaban J connectivity index is 3.62. The summed E-state index contributed by atoms with van der Waals surface area (Å²) in [5.74, 6) is -0.372. The predicted molar refractivity (Wildman–Crippen MR) is 141 cm³/mol. The van der Waals surface area contributed by atoms with E-state index in [1.54, 1.807) is 0 Å². The number of rotatable bonds is 26. The van der Waals surface area contributed by atoms with Crippen LogP contribution >= 0.6 is 0 Å². The first-order valence-corrected chi connectivity index (χ1v) is 14.3. The quantitative estimate of drug-likeness (QED) is 0.101. The summed E-state index contributed by atoms with van der Waals surface area (Å²) < 4.78 is 5.60. The van der Waals surface area contributed by atoms with Crippen molar-refractivity contribution in [3.8, 4) is 0 Å². The molecule has 0 aliphatic carbocycles. The zero-order valence-electron chi connectivity index (χ0n) is 22.1. The molecule has 0 amide bonds. The maximum atomic E-state index is 12.1. The van der Waals surface area contributed by atoms with Gasteiger partial charge in [-0.25, -0.2) is 0 Å². The maximum Gasteiger partial charge on any atom is 0.186 e. The van der Waals surface area contributed by atoms with Crippen molar-refractivity contribution in [1.29, 1.82) is 0 Å². The maximum absolute atomic E-state index is 12.1. The fourth-order valence-corrected chi connectivity index (χ4v) is 4.12. The van der Waals surface area contributed by atoms with E-state index in [4.69, 9.17) is 4.74 Å². The molecule has 196 valence electrons. The van der Waals surface area contributed by atoms with Crippen molar-refractivity contribution in [3.05, 3.63) is 12.2 Å². The van der Waals surface area contributed by atoms with Gasteiger partial charge in [0.05, 0.1) is 6.61 Å². The Labute approximate surface area is 205 Å². The number of hydrogen-bond acceptors (Lipinski definition) is 4. The van der Waals surface area contributed by atoms with Crippen molar-refractivity contribution in [3.63, 3.8) is 0 Å². The third kappa shape index (κ3) is 21.6. The Hall–Kier alpha value is -0.710. The number of carbonyl (C=O) groups is 1. The van der Waals surface area contributed by atoms with Crippen molar-refractivity contribution in [1.82, 2.24) is 0 Å². The summed E-state index contributed by atoms with van der Waals surface area (Å²) in [6.45, 7) is 4.60. The van der Waals surface area contributed by atoms with E-state index in [2.05, 4.69) is 13.8 Å². The Morgan fingerprint density at radius 2 is 1.12 bits per heavy atom. The minimum absolute atomic E-state index is 0.337. The molecule has 0 aliphatic rings. The van der Waals surface area contributed by atoms with E-state index in [1.807, 2.05) is 6.08 Å². The molecule has 0 aromatic carbocycles. The summed E-state index contributed by atoms with van der Waals surface area (Å²) in [6, 6.07) is 0. The molecule has 2 unspecified atom stereocenters. The van der Waals surface area contributed by atoms with Crippen LogP contribution in [0, 0.1) is 0 Å². The lowest BCUT2D eigenvalue weighted by molar-refractivity contribution is -0.134. The van der Waals surface area contributed by atoms with Crippen LogP contribution in [0.5, 0.6) is 0 Å². The van der Waals surface area contributed by atoms with E-state index in [0.29, 0.717) is 6.61 Å². The normalized spacial score (nSPS) is 13.6. The van der Waals surface area contributed by atoms with Gasteiger partial charge < -0.3 is 14.9 Å². The van der Waals surface area contributed by atoms with Crippen LogP contribution in [0.4, 0.5) is 0 Å². The second-order valence-corrected chi connectivity index (χ2v) is 9.64. The number of carbonyl (C=O) groups excluding carboxylic acids is 1. The van der Waals surface area contributed by atoms with Crippen molar-refractivity contribution in [2.24, 2.45) is 0 Å². The molecule has 0 saturated heterocycles. The minimum atomic E-state index is -1.28. The second-order valence-electron chi connectivity index (χ2n) is 9.64. The fourth-order valence-electron chi connectivity index (χ4n) is 4.12. The molecule has 0 fully saturated rings. The SMILES string of the molecule is CCCCCCCC=CC(=O)C(O)C(CO)OCCCCCCCCCCCCCCCC. The molecule has 4 heteroatoms. The zero-order valence-corrected chi connectivity index (χ0v) is 22.1. The molecule has 0 aliphatic heterocycles. The Kier molecular flexibility index (Phi) is 25.3. The Morgan fingerprint density at radius 3 is 1.58 bits per heavy atom. The van der Waals surface area contributed by atoms with Gasteiger partial charge in [-0.2, -0.15) is 0 Å². The van der Waals surface area contributed by atoms with E-state index in [0.717, 1.165) is 25.7 Å². The standard InChI is InChI=1S/C29H56O4/c1-3-5-7-9-11-12-13-14-15-16-17-19-21-23-25-33-28(26-30)29(32)27(31)24-22-20-18-10-8-6-4-2/h22,24,28-30,32H,3-21,23,25-26H2,1-2H3. The van der Waals surface area contributed by atoms with Gasteiger partial charge in [-0.05, 0) is 25.3 Å². The second kappa shape index (κ2) is 25.9. The first kappa shape index (κ1) is 32.3. The summed E-state index contributed by atoms with van der Waals surface area (Å²) in [5.41, 5.74) is 0. The van der Waals surface area contributed by atoms with Crippen LogP contribution in [0.1, 0.15) is 142 Å². The summed E-state index contributed by atoms with van der Waals surface area (Å²) in [7, 11) is 0. The van der Waals surface area contributed by atoms with E-state index in [1.165, 1.54) is 109 Å². The average Bonchev–Trinajstić information content (AvgIpc) is 2.82. The van der Waals surface area contributed by atoms with Gasteiger partial charge in [0, 0.05) is 6.61 Å². The van der Waals surface area contributed by atoms with E-state index < -0.39 is 12.2 Å². The number of ether oxygens (including phenoxy) is 1. The van der Waals surface area contributed by atoms with Crippen LogP contribution in [0.2, 0.25) is 0 Å². The van der Waals surface area contributed by atoms with Crippen LogP contribution in [-0.4, -0.2) is 41.4 Å². The average molecular weight is 469 g/mol. The molecule has 0 heterocycles. The lowest BCUT2D eigenvalue weighted by atomic mass is 10.0. The molecule has 0 radical (unpaired) electrons. The molecule has 0 rings (SSSR count). The van der Waals surface area contributed by atoms with Gasteiger partial charge in [0.25, 0.3) is 0 Å². The van der Waals surface area contributed by atoms with Gasteiger partial charge in [0.1, 0.15) is 12.2 Å². The lowest BCUT2D eigenvalue weighted by Crippen LogP contribution is -2.38. The number of aliphatic hydroxyl groups excluding tert-OH is 2.